The molecule has 1 aliphatic rings. The molecule has 2 aromatic heterocycles. The first-order valence-corrected chi connectivity index (χ1v) is 8.14. The smallest absolute Gasteiger partial charge is 0.267 e. The van der Waals surface area contributed by atoms with Gasteiger partial charge in [0, 0.05) is 29.7 Å². The first-order chi connectivity index (χ1) is 10.1. The fourth-order valence-corrected chi connectivity index (χ4v) is 3.22. The number of aryl methyl sites for hydroxylation is 1. The van der Waals surface area contributed by atoms with E-state index >= 15 is 0 Å². The Morgan fingerprint density at radius 3 is 3.10 bits per heavy atom. The van der Waals surface area contributed by atoms with E-state index in [0.29, 0.717) is 11.6 Å². The highest BCUT2D eigenvalue weighted by molar-refractivity contribution is 7.09. The summed E-state index contributed by atoms with van der Waals surface area (Å²) in [6.07, 6.45) is 2.94. The van der Waals surface area contributed by atoms with Gasteiger partial charge in [0.1, 0.15) is 5.69 Å². The quantitative estimate of drug-likeness (QED) is 0.814. The van der Waals surface area contributed by atoms with Crippen molar-refractivity contribution in [1.82, 2.24) is 20.6 Å². The lowest BCUT2D eigenvalue weighted by molar-refractivity contribution is 0.0911. The highest BCUT2D eigenvalue weighted by Crippen LogP contribution is 2.22. The third-order valence-corrected chi connectivity index (χ3v) is 4.76. The van der Waals surface area contributed by atoms with Crippen molar-refractivity contribution >= 4 is 17.2 Å². The van der Waals surface area contributed by atoms with Crippen LogP contribution in [0.1, 0.15) is 28.8 Å². The molecule has 5 nitrogen and oxygen atoms in total. The van der Waals surface area contributed by atoms with Crippen LogP contribution in [0.25, 0.3) is 11.3 Å². The van der Waals surface area contributed by atoms with Crippen LogP contribution in [0, 0.1) is 12.8 Å². The number of nitrogens with zero attached hydrogens (tertiary/aromatic N) is 1. The van der Waals surface area contributed by atoms with Crippen LogP contribution in [0.3, 0.4) is 0 Å². The van der Waals surface area contributed by atoms with Gasteiger partial charge in [-0.15, -0.1) is 11.3 Å². The van der Waals surface area contributed by atoms with Crippen LogP contribution >= 0.6 is 11.3 Å². The van der Waals surface area contributed by atoms with Gasteiger partial charge in [-0.2, -0.15) is 0 Å². The van der Waals surface area contributed by atoms with E-state index in [1.54, 1.807) is 11.3 Å². The molecule has 2 aromatic rings. The number of hydrogen-bond acceptors (Lipinski definition) is 4. The number of nitrogens with one attached hydrogen (secondary N) is 3. The van der Waals surface area contributed by atoms with Crippen LogP contribution in [-0.4, -0.2) is 35.0 Å². The third kappa shape index (κ3) is 3.16. The molecule has 1 saturated heterocycles. The SMILES string of the molecule is Cc1nc(-c2c[nH]c(C(=O)NC3CNCCC3C)c2)cs1. The van der Waals surface area contributed by atoms with Gasteiger partial charge in [0.2, 0.25) is 0 Å². The van der Waals surface area contributed by atoms with Crippen LogP contribution in [0.4, 0.5) is 0 Å². The van der Waals surface area contributed by atoms with Crippen LogP contribution in [0.2, 0.25) is 0 Å². The summed E-state index contributed by atoms with van der Waals surface area (Å²) < 4.78 is 0. The van der Waals surface area contributed by atoms with E-state index in [4.69, 9.17) is 0 Å². The molecule has 1 amide bonds. The number of thiazole rings is 1. The Morgan fingerprint density at radius 1 is 1.52 bits per heavy atom. The fraction of sp³-hybridized carbons (Fsp3) is 0.467. The normalized spacial score (nSPS) is 22.2. The molecule has 112 valence electrons. The van der Waals surface area contributed by atoms with Crippen molar-refractivity contribution in [1.29, 1.82) is 0 Å². The standard InChI is InChI=1S/C15H20N4OS/c1-9-3-4-16-7-13(9)19-15(20)12-5-11(6-17-12)14-8-21-10(2)18-14/h5-6,8-9,13,16-17H,3-4,7H2,1-2H3,(H,19,20). The highest BCUT2D eigenvalue weighted by atomic mass is 32.1. The minimum atomic E-state index is -0.0475. The molecule has 0 aliphatic carbocycles. The van der Waals surface area contributed by atoms with Crippen molar-refractivity contribution in [2.75, 3.05) is 13.1 Å². The van der Waals surface area contributed by atoms with Crippen LogP contribution in [-0.2, 0) is 0 Å². The van der Waals surface area contributed by atoms with E-state index < -0.39 is 0 Å². The van der Waals surface area contributed by atoms with E-state index in [1.807, 2.05) is 24.6 Å². The summed E-state index contributed by atoms with van der Waals surface area (Å²) in [5.41, 5.74) is 2.47. The summed E-state index contributed by atoms with van der Waals surface area (Å²) in [5, 5.41) is 9.46. The summed E-state index contributed by atoms with van der Waals surface area (Å²) in [7, 11) is 0. The number of aromatic amines is 1. The maximum absolute atomic E-state index is 12.3. The van der Waals surface area contributed by atoms with Gasteiger partial charge in [-0.25, -0.2) is 4.98 Å². The van der Waals surface area contributed by atoms with Gasteiger partial charge >= 0.3 is 0 Å². The van der Waals surface area contributed by atoms with Gasteiger partial charge in [-0.05, 0) is 31.9 Å². The Kier molecular flexibility index (Phi) is 4.07. The zero-order valence-corrected chi connectivity index (χ0v) is 13.1. The predicted molar refractivity (Wildman–Crippen MR) is 84.5 cm³/mol. The number of rotatable bonds is 3. The minimum Gasteiger partial charge on any atom is -0.357 e. The van der Waals surface area contributed by atoms with Gasteiger partial charge in [-0.1, -0.05) is 6.92 Å². The maximum Gasteiger partial charge on any atom is 0.267 e. The molecule has 2 atom stereocenters. The molecule has 0 radical (unpaired) electrons. The summed E-state index contributed by atoms with van der Waals surface area (Å²) >= 11 is 1.61. The second-order valence-electron chi connectivity index (χ2n) is 5.60. The summed E-state index contributed by atoms with van der Waals surface area (Å²) in [5.74, 6) is 0.458. The first-order valence-electron chi connectivity index (χ1n) is 7.26. The van der Waals surface area contributed by atoms with Crippen LogP contribution in [0.5, 0.6) is 0 Å². The van der Waals surface area contributed by atoms with E-state index in [1.165, 1.54) is 0 Å². The molecule has 3 heterocycles. The van der Waals surface area contributed by atoms with E-state index in [-0.39, 0.29) is 11.9 Å². The van der Waals surface area contributed by atoms with E-state index in [0.717, 1.165) is 35.8 Å². The molecule has 0 bridgehead atoms. The zero-order valence-electron chi connectivity index (χ0n) is 12.3. The van der Waals surface area contributed by atoms with E-state index in [2.05, 4.69) is 27.5 Å². The average Bonchev–Trinajstić information content (AvgIpc) is 3.10. The number of amides is 1. The predicted octanol–water partition coefficient (Wildman–Crippen LogP) is 2.17. The molecule has 3 rings (SSSR count). The topological polar surface area (TPSA) is 69.8 Å². The van der Waals surface area contributed by atoms with Gasteiger partial charge in [0.25, 0.3) is 5.91 Å². The molecule has 21 heavy (non-hydrogen) atoms. The number of aromatic nitrogens is 2. The minimum absolute atomic E-state index is 0.0475. The Balaban J connectivity index is 1.69. The summed E-state index contributed by atoms with van der Waals surface area (Å²) in [6.45, 7) is 6.03. The van der Waals surface area contributed by atoms with Crippen LogP contribution < -0.4 is 10.6 Å². The number of H-pyrrole nitrogens is 1. The Bertz CT molecular complexity index is 633. The van der Waals surface area contributed by atoms with Crippen molar-refractivity contribution in [2.45, 2.75) is 26.3 Å². The lowest BCUT2D eigenvalue weighted by Gasteiger charge is -2.30. The Labute approximate surface area is 128 Å². The molecule has 6 heteroatoms. The maximum atomic E-state index is 12.3. The van der Waals surface area contributed by atoms with Crippen molar-refractivity contribution < 1.29 is 4.79 Å². The van der Waals surface area contributed by atoms with Crippen LogP contribution in [0.15, 0.2) is 17.6 Å². The largest absolute Gasteiger partial charge is 0.357 e. The van der Waals surface area contributed by atoms with E-state index in [9.17, 15) is 4.79 Å². The molecule has 3 N–H and O–H groups in total. The number of hydrogen-bond donors (Lipinski definition) is 3. The first kappa shape index (κ1) is 14.3. The molecule has 0 aromatic carbocycles. The number of carbonyl (C=O) groups excluding carboxylic acids is 1. The number of carbonyl (C=O) groups is 1. The van der Waals surface area contributed by atoms with Crippen molar-refractivity contribution in [2.24, 2.45) is 5.92 Å². The summed E-state index contributed by atoms with van der Waals surface area (Å²) in [4.78, 5) is 19.8. The van der Waals surface area contributed by atoms with Crippen molar-refractivity contribution in [3.63, 3.8) is 0 Å². The monoisotopic (exact) mass is 304 g/mol. The molecular weight excluding hydrogens is 284 g/mol. The molecule has 0 saturated carbocycles. The lowest BCUT2D eigenvalue weighted by Crippen LogP contribution is -2.50. The molecule has 2 unspecified atom stereocenters. The van der Waals surface area contributed by atoms with Crippen molar-refractivity contribution in [3.05, 3.63) is 28.3 Å². The second-order valence-corrected chi connectivity index (χ2v) is 6.67. The molecule has 1 fully saturated rings. The Morgan fingerprint density at radius 2 is 2.38 bits per heavy atom. The number of piperidine rings is 1. The average molecular weight is 304 g/mol. The molecule has 0 spiro atoms. The lowest BCUT2D eigenvalue weighted by atomic mass is 9.95. The van der Waals surface area contributed by atoms with Crippen molar-refractivity contribution in [3.8, 4) is 11.3 Å². The van der Waals surface area contributed by atoms with Gasteiger partial charge < -0.3 is 15.6 Å². The van der Waals surface area contributed by atoms with Gasteiger partial charge in [0.15, 0.2) is 0 Å². The second kappa shape index (κ2) is 5.99. The zero-order chi connectivity index (χ0) is 14.8. The fourth-order valence-electron chi connectivity index (χ4n) is 2.60. The molecular formula is C15H20N4OS. The van der Waals surface area contributed by atoms with Gasteiger partial charge in [-0.3, -0.25) is 4.79 Å². The summed E-state index contributed by atoms with van der Waals surface area (Å²) in [6, 6.07) is 2.06. The van der Waals surface area contributed by atoms with Gasteiger partial charge in [0.05, 0.1) is 10.7 Å². The Hall–Kier alpha value is -1.66. The third-order valence-electron chi connectivity index (χ3n) is 3.99. The highest BCUT2D eigenvalue weighted by Gasteiger charge is 2.23. The molecule has 1 aliphatic heterocycles.